The molecule has 274 valence electrons. The van der Waals surface area contributed by atoms with Gasteiger partial charge in [0.1, 0.15) is 29.9 Å². The fraction of sp³-hybridized carbons (Fsp3) is 0.581. The summed E-state index contributed by atoms with van der Waals surface area (Å²) in [5.74, 6) is -6.81. The van der Waals surface area contributed by atoms with Crippen molar-refractivity contribution in [3.05, 3.63) is 29.8 Å². The molecule has 0 fully saturated rings. The van der Waals surface area contributed by atoms with Gasteiger partial charge in [-0.2, -0.15) is 0 Å². The summed E-state index contributed by atoms with van der Waals surface area (Å²) in [5.41, 5.74) is 22.6. The summed E-state index contributed by atoms with van der Waals surface area (Å²) in [5, 5.41) is 38.6. The zero-order valence-corrected chi connectivity index (χ0v) is 27.9. The number of unbranched alkanes of at least 4 members (excludes halogenated alkanes) is 1. The Morgan fingerprint density at radius 2 is 1.39 bits per heavy atom. The number of nitrogens with one attached hydrogen (secondary N) is 4. The number of carbonyl (C=O) groups is 6. The lowest BCUT2D eigenvalue weighted by Crippen LogP contribution is -2.60. The number of guanidine groups is 1. The van der Waals surface area contributed by atoms with Crippen molar-refractivity contribution in [2.24, 2.45) is 33.8 Å². The number of carbonyl (C=O) groups excluding carboxylic acids is 4. The molecule has 18 nitrogen and oxygen atoms in total. The van der Waals surface area contributed by atoms with Crippen LogP contribution in [-0.2, 0) is 35.2 Å². The zero-order valence-electron chi connectivity index (χ0n) is 27.9. The molecule has 0 bridgehead atoms. The summed E-state index contributed by atoms with van der Waals surface area (Å²) in [4.78, 5) is 80.5. The van der Waals surface area contributed by atoms with Crippen molar-refractivity contribution in [1.82, 2.24) is 21.3 Å². The van der Waals surface area contributed by atoms with E-state index in [9.17, 15) is 44.1 Å². The van der Waals surface area contributed by atoms with Crippen LogP contribution >= 0.6 is 0 Å². The smallest absolute Gasteiger partial charge is 0.326 e. The lowest BCUT2D eigenvalue weighted by molar-refractivity contribution is -0.143. The van der Waals surface area contributed by atoms with E-state index in [1.165, 1.54) is 24.3 Å². The Kier molecular flexibility index (Phi) is 18.7. The van der Waals surface area contributed by atoms with E-state index in [-0.39, 0.29) is 37.5 Å². The Morgan fingerprint density at radius 3 is 1.94 bits per heavy atom. The van der Waals surface area contributed by atoms with Gasteiger partial charge in [-0.15, -0.1) is 0 Å². The van der Waals surface area contributed by atoms with E-state index in [0.717, 1.165) is 0 Å². The SMILES string of the molecule is CCC(C)C(NC(=O)C(CC(=O)O)NC(=O)C(CCCCN)NC(=O)C(N)CCCN=C(N)N)C(=O)NC(Cc1ccc(O)cc1)C(=O)O. The van der Waals surface area contributed by atoms with Crippen LogP contribution in [0, 0.1) is 5.92 Å². The van der Waals surface area contributed by atoms with Crippen molar-refractivity contribution in [2.75, 3.05) is 13.1 Å². The highest BCUT2D eigenvalue weighted by molar-refractivity contribution is 5.96. The second-order valence-corrected chi connectivity index (χ2v) is 11.7. The van der Waals surface area contributed by atoms with Gasteiger partial charge in [0.05, 0.1) is 12.5 Å². The Balaban J connectivity index is 3.13. The lowest BCUT2D eigenvalue weighted by atomic mass is 9.96. The Bertz CT molecular complexity index is 1290. The number of phenolic OH excluding ortho intramolecular Hbond substituents is 1. The van der Waals surface area contributed by atoms with Crippen molar-refractivity contribution in [1.29, 1.82) is 0 Å². The number of nitrogens with zero attached hydrogens (tertiary/aromatic N) is 1. The molecule has 6 unspecified atom stereocenters. The molecular weight excluding hydrogens is 642 g/mol. The van der Waals surface area contributed by atoms with Crippen molar-refractivity contribution in [3.63, 3.8) is 0 Å². The van der Waals surface area contributed by atoms with Crippen LogP contribution < -0.4 is 44.2 Å². The molecule has 15 N–H and O–H groups in total. The standard InChI is InChI=1S/C31H51N9O9/c1-3-17(2)25(29(47)39-23(30(48)49)15-18-9-11-19(41)12-10-18)40-28(46)22(16-24(42)43)38-27(45)21(8-4-5-13-32)37-26(44)20(33)7-6-14-36-31(34)35/h9-12,17,20-23,25,41H,3-8,13-16,32-33H2,1-2H3,(H,37,44)(H,38,45)(H,39,47)(H,40,46)(H,42,43)(H,48,49)(H4,34,35,36). The van der Waals surface area contributed by atoms with Gasteiger partial charge in [-0.3, -0.25) is 29.0 Å². The van der Waals surface area contributed by atoms with Gasteiger partial charge in [-0.1, -0.05) is 32.4 Å². The summed E-state index contributed by atoms with van der Waals surface area (Å²) in [6.07, 6.45) is 0.982. The first kappa shape index (κ1) is 42.1. The van der Waals surface area contributed by atoms with E-state index in [1.807, 2.05) is 0 Å². The van der Waals surface area contributed by atoms with E-state index in [1.54, 1.807) is 13.8 Å². The van der Waals surface area contributed by atoms with E-state index >= 15 is 0 Å². The average molecular weight is 694 g/mol. The second kappa shape index (κ2) is 21.8. The van der Waals surface area contributed by atoms with Gasteiger partial charge < -0.3 is 59.5 Å². The highest BCUT2D eigenvalue weighted by Gasteiger charge is 2.34. The number of rotatable bonds is 23. The maximum absolute atomic E-state index is 13.4. The molecule has 4 amide bonds. The summed E-state index contributed by atoms with van der Waals surface area (Å²) < 4.78 is 0. The van der Waals surface area contributed by atoms with Crippen LogP contribution in [0.25, 0.3) is 0 Å². The maximum atomic E-state index is 13.4. The molecule has 0 saturated carbocycles. The Hall–Kier alpha value is -4.97. The third-order valence-electron chi connectivity index (χ3n) is 7.68. The topological polar surface area (TPSA) is 328 Å². The number of benzene rings is 1. The van der Waals surface area contributed by atoms with E-state index < -0.39 is 78.1 Å². The molecule has 0 radical (unpaired) electrons. The minimum absolute atomic E-state index is 0.0222. The van der Waals surface area contributed by atoms with Crippen molar-refractivity contribution in [3.8, 4) is 5.75 Å². The van der Waals surface area contributed by atoms with E-state index in [4.69, 9.17) is 22.9 Å². The molecule has 18 heteroatoms. The van der Waals surface area contributed by atoms with Gasteiger partial charge in [-0.25, -0.2) is 4.79 Å². The third-order valence-corrected chi connectivity index (χ3v) is 7.68. The molecule has 1 aromatic carbocycles. The van der Waals surface area contributed by atoms with Gasteiger partial charge in [0.15, 0.2) is 5.96 Å². The van der Waals surface area contributed by atoms with Crippen molar-refractivity contribution >= 4 is 41.5 Å². The number of nitrogens with two attached hydrogens (primary N) is 4. The quantitative estimate of drug-likeness (QED) is 0.0336. The summed E-state index contributed by atoms with van der Waals surface area (Å²) in [6, 6.07) is -0.844. The number of hydrogen-bond acceptors (Lipinski definition) is 10. The van der Waals surface area contributed by atoms with Crippen LogP contribution in [-0.4, -0.2) is 100 Å². The van der Waals surface area contributed by atoms with Crippen molar-refractivity contribution < 1.29 is 44.1 Å². The Labute approximate surface area is 284 Å². The molecule has 0 aliphatic heterocycles. The molecule has 0 saturated heterocycles. The van der Waals surface area contributed by atoms with E-state index in [2.05, 4.69) is 26.3 Å². The number of aliphatic imine (C=N–C) groups is 1. The van der Waals surface area contributed by atoms with Crippen LogP contribution in [0.2, 0.25) is 0 Å². The lowest BCUT2D eigenvalue weighted by Gasteiger charge is -2.28. The van der Waals surface area contributed by atoms with Crippen LogP contribution in [0.5, 0.6) is 5.75 Å². The predicted octanol–water partition coefficient (Wildman–Crippen LogP) is -2.01. The first-order chi connectivity index (χ1) is 23.1. The van der Waals surface area contributed by atoms with Gasteiger partial charge >= 0.3 is 11.9 Å². The number of carboxylic acids is 2. The maximum Gasteiger partial charge on any atom is 0.326 e. The molecule has 0 aliphatic rings. The number of aliphatic carboxylic acids is 2. The summed E-state index contributed by atoms with van der Waals surface area (Å²) in [7, 11) is 0. The second-order valence-electron chi connectivity index (χ2n) is 11.7. The molecule has 1 aromatic rings. The fourth-order valence-corrected chi connectivity index (χ4v) is 4.63. The first-order valence-electron chi connectivity index (χ1n) is 16.0. The van der Waals surface area contributed by atoms with Crippen LogP contribution in [0.4, 0.5) is 0 Å². The molecule has 6 atom stereocenters. The van der Waals surface area contributed by atoms with Crippen LogP contribution in [0.15, 0.2) is 29.3 Å². The normalized spacial score (nSPS) is 14.5. The largest absolute Gasteiger partial charge is 0.508 e. The molecule has 0 aliphatic carbocycles. The first-order valence-corrected chi connectivity index (χ1v) is 16.0. The number of hydrogen-bond donors (Lipinski definition) is 11. The minimum atomic E-state index is -1.67. The number of carboxylic acid groups (broad SMARTS) is 2. The highest BCUT2D eigenvalue weighted by Crippen LogP contribution is 2.14. The molecule has 0 aromatic heterocycles. The van der Waals surface area contributed by atoms with Crippen LogP contribution in [0.1, 0.15) is 64.4 Å². The van der Waals surface area contributed by atoms with Gasteiger partial charge in [0.2, 0.25) is 23.6 Å². The number of phenols is 1. The molecule has 1 rings (SSSR count). The molecule has 0 spiro atoms. The van der Waals surface area contributed by atoms with Crippen LogP contribution in [0.3, 0.4) is 0 Å². The molecule has 0 heterocycles. The number of amides is 4. The van der Waals surface area contributed by atoms with Gasteiger partial charge in [0, 0.05) is 13.0 Å². The monoisotopic (exact) mass is 693 g/mol. The summed E-state index contributed by atoms with van der Waals surface area (Å²) in [6.45, 7) is 3.92. The highest BCUT2D eigenvalue weighted by atomic mass is 16.4. The summed E-state index contributed by atoms with van der Waals surface area (Å²) >= 11 is 0. The minimum Gasteiger partial charge on any atom is -0.508 e. The van der Waals surface area contributed by atoms with Gasteiger partial charge in [0.25, 0.3) is 0 Å². The fourth-order valence-electron chi connectivity index (χ4n) is 4.63. The Morgan fingerprint density at radius 1 is 0.796 bits per heavy atom. The van der Waals surface area contributed by atoms with E-state index in [0.29, 0.717) is 37.8 Å². The van der Waals surface area contributed by atoms with Gasteiger partial charge in [-0.05, 0) is 62.3 Å². The number of aromatic hydroxyl groups is 1. The predicted molar refractivity (Wildman–Crippen MR) is 180 cm³/mol. The van der Waals surface area contributed by atoms with Crippen molar-refractivity contribution in [2.45, 2.75) is 95.4 Å². The third kappa shape index (κ3) is 16.1. The molecule has 49 heavy (non-hydrogen) atoms. The zero-order chi connectivity index (χ0) is 37.1. The average Bonchev–Trinajstić information content (AvgIpc) is 3.04. The molecular formula is C31H51N9O9.